The lowest BCUT2D eigenvalue weighted by atomic mass is 9.87. The highest BCUT2D eigenvalue weighted by atomic mass is 16.5. The Labute approximate surface area is 148 Å². The van der Waals surface area contributed by atoms with Crippen LogP contribution in [0.1, 0.15) is 44.0 Å². The molecule has 1 heterocycles. The molecule has 1 unspecified atom stereocenters. The van der Waals surface area contributed by atoms with E-state index >= 15 is 0 Å². The van der Waals surface area contributed by atoms with Crippen molar-refractivity contribution in [3.63, 3.8) is 0 Å². The summed E-state index contributed by atoms with van der Waals surface area (Å²) < 4.78 is 8.15. The molecule has 128 valence electrons. The van der Waals surface area contributed by atoms with E-state index in [1.807, 2.05) is 11.6 Å². The fourth-order valence-electron chi connectivity index (χ4n) is 3.67. The number of rotatable bonds is 3. The Bertz CT molecular complexity index is 898. The van der Waals surface area contributed by atoms with Gasteiger partial charge in [0.1, 0.15) is 5.69 Å². The van der Waals surface area contributed by atoms with E-state index in [9.17, 15) is 0 Å². The van der Waals surface area contributed by atoms with E-state index in [0.717, 1.165) is 23.4 Å². The summed E-state index contributed by atoms with van der Waals surface area (Å²) in [6, 6.07) is 17.2. The van der Waals surface area contributed by atoms with Crippen LogP contribution in [0, 0.1) is 0 Å². The lowest BCUT2D eigenvalue weighted by Gasteiger charge is -2.25. The first kappa shape index (κ1) is 16.0. The van der Waals surface area contributed by atoms with Crippen LogP contribution in [0.3, 0.4) is 0 Å². The van der Waals surface area contributed by atoms with Gasteiger partial charge in [0.2, 0.25) is 0 Å². The van der Waals surface area contributed by atoms with E-state index in [-0.39, 0.29) is 12.1 Å². The third-order valence-corrected chi connectivity index (χ3v) is 4.79. The van der Waals surface area contributed by atoms with Crippen molar-refractivity contribution >= 4 is 0 Å². The second-order valence-electron chi connectivity index (χ2n) is 6.72. The van der Waals surface area contributed by atoms with Crippen LogP contribution in [-0.2, 0) is 11.2 Å². The van der Waals surface area contributed by atoms with E-state index in [2.05, 4.69) is 72.7 Å². The molecule has 3 aromatic rings. The minimum Gasteiger partial charge on any atom is -0.373 e. The fraction of sp³-hybridized carbons (Fsp3) is 0.333. The first-order valence-corrected chi connectivity index (χ1v) is 8.95. The van der Waals surface area contributed by atoms with Gasteiger partial charge in [0, 0.05) is 30.2 Å². The summed E-state index contributed by atoms with van der Waals surface area (Å²) >= 11 is 0. The van der Waals surface area contributed by atoms with Gasteiger partial charge in [-0.25, -0.2) is 4.68 Å². The lowest BCUT2D eigenvalue weighted by molar-refractivity contribution is 0.0632. The maximum absolute atomic E-state index is 6.12. The van der Waals surface area contributed by atoms with Crippen molar-refractivity contribution in [3.8, 4) is 22.5 Å². The largest absolute Gasteiger partial charge is 0.373 e. The van der Waals surface area contributed by atoms with Crippen molar-refractivity contribution in [2.24, 2.45) is 0 Å². The second-order valence-corrected chi connectivity index (χ2v) is 6.72. The van der Waals surface area contributed by atoms with Crippen molar-refractivity contribution in [2.75, 3.05) is 6.61 Å². The van der Waals surface area contributed by atoms with Gasteiger partial charge in [-0.3, -0.25) is 0 Å². The van der Waals surface area contributed by atoms with Gasteiger partial charge in [-0.2, -0.15) is 0 Å². The summed E-state index contributed by atoms with van der Waals surface area (Å²) in [6.07, 6.45) is 0.878. The molecular formula is C21H23N3O. The number of ether oxygens (including phenoxy) is 1. The standard InChI is InChI=1S/C21H23N3O/c1-4-25-19-13-15-9-5-6-10-16(15)21-20(22-23-24(21)14(2)3)18-12-8-7-11-17(18)19/h5-12,14,19H,4,13H2,1-3H3. The number of fused-ring (bicyclic) bond motifs is 5. The zero-order chi connectivity index (χ0) is 17.4. The highest BCUT2D eigenvalue weighted by Gasteiger charge is 2.28. The first-order valence-electron chi connectivity index (χ1n) is 8.95. The Balaban J connectivity index is 2.05. The molecule has 0 bridgehead atoms. The van der Waals surface area contributed by atoms with Crippen molar-refractivity contribution in [3.05, 3.63) is 59.7 Å². The van der Waals surface area contributed by atoms with E-state index in [1.165, 1.54) is 16.7 Å². The monoisotopic (exact) mass is 333 g/mol. The first-order chi connectivity index (χ1) is 12.2. The maximum atomic E-state index is 6.12. The molecular weight excluding hydrogens is 310 g/mol. The van der Waals surface area contributed by atoms with E-state index in [1.54, 1.807) is 0 Å². The molecule has 0 N–H and O–H groups in total. The molecule has 0 spiro atoms. The predicted octanol–water partition coefficient (Wildman–Crippen LogP) is 4.83. The molecule has 0 fully saturated rings. The molecule has 0 aliphatic heterocycles. The molecule has 0 amide bonds. The fourth-order valence-corrected chi connectivity index (χ4v) is 3.67. The molecule has 25 heavy (non-hydrogen) atoms. The third kappa shape index (κ3) is 2.67. The van der Waals surface area contributed by atoms with Crippen LogP contribution in [0.4, 0.5) is 0 Å². The van der Waals surface area contributed by atoms with Gasteiger partial charge in [-0.15, -0.1) is 5.10 Å². The molecule has 4 rings (SSSR count). The number of aromatic nitrogens is 3. The molecule has 0 radical (unpaired) electrons. The Hall–Kier alpha value is -2.46. The van der Waals surface area contributed by atoms with Gasteiger partial charge in [-0.05, 0) is 31.9 Å². The third-order valence-electron chi connectivity index (χ3n) is 4.79. The predicted molar refractivity (Wildman–Crippen MR) is 99.4 cm³/mol. The SMILES string of the molecule is CCOC1Cc2ccccc2-c2c(nnn2C(C)C)-c2ccccc21. The normalized spacial score (nSPS) is 15.9. The average Bonchev–Trinajstić information content (AvgIpc) is 3.05. The average molecular weight is 333 g/mol. The van der Waals surface area contributed by atoms with Crippen LogP contribution < -0.4 is 0 Å². The second kappa shape index (κ2) is 6.45. The van der Waals surface area contributed by atoms with Crippen LogP contribution in [0.15, 0.2) is 48.5 Å². The summed E-state index contributed by atoms with van der Waals surface area (Å²) in [5, 5.41) is 9.05. The van der Waals surface area contributed by atoms with E-state index < -0.39 is 0 Å². The van der Waals surface area contributed by atoms with Gasteiger partial charge in [-0.1, -0.05) is 53.7 Å². The minimum atomic E-state index is 0.0275. The summed E-state index contributed by atoms with van der Waals surface area (Å²) in [6.45, 7) is 7.02. The van der Waals surface area contributed by atoms with Crippen LogP contribution in [-0.4, -0.2) is 21.6 Å². The van der Waals surface area contributed by atoms with Gasteiger partial charge in [0.05, 0.1) is 11.8 Å². The molecule has 1 aliphatic rings. The Morgan fingerprint density at radius 1 is 1.08 bits per heavy atom. The molecule has 1 atom stereocenters. The summed E-state index contributed by atoms with van der Waals surface area (Å²) in [4.78, 5) is 0. The highest BCUT2D eigenvalue weighted by Crippen LogP contribution is 2.42. The number of hydrogen-bond acceptors (Lipinski definition) is 3. The Morgan fingerprint density at radius 3 is 2.56 bits per heavy atom. The molecule has 2 aromatic carbocycles. The molecule has 4 nitrogen and oxygen atoms in total. The summed E-state index contributed by atoms with van der Waals surface area (Å²) in [5.74, 6) is 0. The maximum Gasteiger partial charge on any atom is 0.121 e. The van der Waals surface area contributed by atoms with Crippen LogP contribution in [0.25, 0.3) is 22.5 Å². The molecule has 1 aliphatic carbocycles. The Kier molecular flexibility index (Phi) is 4.14. The molecule has 4 heteroatoms. The Morgan fingerprint density at radius 2 is 1.80 bits per heavy atom. The van der Waals surface area contributed by atoms with Crippen LogP contribution in [0.5, 0.6) is 0 Å². The molecule has 1 aromatic heterocycles. The number of nitrogens with zero attached hydrogens (tertiary/aromatic N) is 3. The summed E-state index contributed by atoms with van der Waals surface area (Å²) in [5.41, 5.74) is 6.85. The molecule has 0 saturated heterocycles. The van der Waals surface area contributed by atoms with Crippen molar-refractivity contribution in [1.29, 1.82) is 0 Å². The zero-order valence-corrected chi connectivity index (χ0v) is 14.9. The van der Waals surface area contributed by atoms with E-state index in [0.29, 0.717) is 6.61 Å². The molecule has 0 saturated carbocycles. The minimum absolute atomic E-state index is 0.0275. The van der Waals surface area contributed by atoms with Gasteiger partial charge >= 0.3 is 0 Å². The number of benzene rings is 2. The van der Waals surface area contributed by atoms with Crippen molar-refractivity contribution in [1.82, 2.24) is 15.0 Å². The quantitative estimate of drug-likeness (QED) is 0.689. The highest BCUT2D eigenvalue weighted by molar-refractivity contribution is 5.82. The van der Waals surface area contributed by atoms with Crippen molar-refractivity contribution in [2.45, 2.75) is 39.3 Å². The van der Waals surface area contributed by atoms with Crippen LogP contribution >= 0.6 is 0 Å². The topological polar surface area (TPSA) is 39.9 Å². The van der Waals surface area contributed by atoms with Crippen LogP contribution in [0.2, 0.25) is 0 Å². The van der Waals surface area contributed by atoms with Crippen molar-refractivity contribution < 1.29 is 4.74 Å². The number of hydrogen-bond donors (Lipinski definition) is 0. The van der Waals surface area contributed by atoms with E-state index in [4.69, 9.17) is 4.74 Å². The van der Waals surface area contributed by atoms with Gasteiger partial charge in [0.25, 0.3) is 0 Å². The van der Waals surface area contributed by atoms with Gasteiger partial charge in [0.15, 0.2) is 0 Å². The smallest absolute Gasteiger partial charge is 0.121 e. The van der Waals surface area contributed by atoms with Gasteiger partial charge < -0.3 is 4.74 Å². The zero-order valence-electron chi connectivity index (χ0n) is 14.9. The lowest BCUT2D eigenvalue weighted by Crippen LogP contribution is -2.13. The summed E-state index contributed by atoms with van der Waals surface area (Å²) in [7, 11) is 0.